The highest BCUT2D eigenvalue weighted by molar-refractivity contribution is 5.92. The van der Waals surface area contributed by atoms with Crippen molar-refractivity contribution in [2.24, 2.45) is 0 Å². The van der Waals surface area contributed by atoms with Crippen LogP contribution in [0, 0.1) is 0 Å². The lowest BCUT2D eigenvalue weighted by atomic mass is 10.1. The third-order valence-corrected chi connectivity index (χ3v) is 3.08. The number of methoxy groups -OCH3 is 1. The van der Waals surface area contributed by atoms with Crippen molar-refractivity contribution < 1.29 is 29.6 Å². The number of aromatic hydroxyl groups is 2. The molecule has 22 heavy (non-hydrogen) atoms. The first-order chi connectivity index (χ1) is 10.5. The number of ether oxygens (including phenoxy) is 2. The lowest BCUT2D eigenvalue weighted by Crippen LogP contribution is -2.06. The number of para-hydroxylation sites is 1. The van der Waals surface area contributed by atoms with E-state index in [4.69, 9.17) is 9.47 Å². The van der Waals surface area contributed by atoms with E-state index >= 15 is 0 Å². The lowest BCUT2D eigenvalue weighted by molar-refractivity contribution is -0.0781. The van der Waals surface area contributed by atoms with Gasteiger partial charge in [0.25, 0.3) is 0 Å². The van der Waals surface area contributed by atoms with Gasteiger partial charge >= 0.3 is 5.97 Å². The minimum absolute atomic E-state index is 0.0680. The summed E-state index contributed by atoms with van der Waals surface area (Å²) in [4.78, 5) is 11.9. The largest absolute Gasteiger partial charge is 0.507 e. The van der Waals surface area contributed by atoms with E-state index < -0.39 is 12.3 Å². The Hall–Kier alpha value is -2.57. The molecule has 2 aromatic rings. The summed E-state index contributed by atoms with van der Waals surface area (Å²) in [5.41, 5.74) is 0.810. The molecule has 1 atom stereocenters. The van der Waals surface area contributed by atoms with E-state index in [-0.39, 0.29) is 29.2 Å². The fourth-order valence-electron chi connectivity index (χ4n) is 1.89. The minimum atomic E-state index is -1.27. The van der Waals surface area contributed by atoms with Crippen LogP contribution in [0.1, 0.15) is 27.8 Å². The summed E-state index contributed by atoms with van der Waals surface area (Å²) in [7, 11) is 1.30. The highest BCUT2D eigenvalue weighted by atomic mass is 16.6. The second-order valence-corrected chi connectivity index (χ2v) is 4.57. The van der Waals surface area contributed by atoms with Crippen LogP contribution in [0.5, 0.6) is 11.5 Å². The molecule has 0 amide bonds. The summed E-state index contributed by atoms with van der Waals surface area (Å²) in [6.07, 6.45) is -1.27. The summed E-state index contributed by atoms with van der Waals surface area (Å²) < 4.78 is 9.84. The Morgan fingerprint density at radius 2 is 1.86 bits per heavy atom. The predicted octanol–water partition coefficient (Wildman–Crippen LogP) is 2.09. The standard InChI is InChI=1S/C16H16O6/c1-21-15(19)12-8-10(6-7-14(12)18)9-22-16(20)11-4-2-3-5-13(11)17/h2-8,15,17-19H,9H2,1H3. The average molecular weight is 304 g/mol. The van der Waals surface area contributed by atoms with Gasteiger partial charge in [-0.3, -0.25) is 0 Å². The van der Waals surface area contributed by atoms with Crippen LogP contribution in [-0.2, 0) is 16.1 Å². The van der Waals surface area contributed by atoms with E-state index in [2.05, 4.69) is 0 Å². The van der Waals surface area contributed by atoms with Gasteiger partial charge in [-0.25, -0.2) is 4.79 Å². The molecule has 0 aliphatic rings. The average Bonchev–Trinajstić information content (AvgIpc) is 2.53. The van der Waals surface area contributed by atoms with Gasteiger partial charge in [-0.15, -0.1) is 0 Å². The number of rotatable bonds is 5. The van der Waals surface area contributed by atoms with Crippen molar-refractivity contribution in [2.45, 2.75) is 12.9 Å². The monoisotopic (exact) mass is 304 g/mol. The van der Waals surface area contributed by atoms with Gasteiger partial charge in [0.2, 0.25) is 0 Å². The Bertz CT molecular complexity index is 667. The van der Waals surface area contributed by atoms with Crippen LogP contribution < -0.4 is 0 Å². The van der Waals surface area contributed by atoms with Crippen molar-refractivity contribution in [3.63, 3.8) is 0 Å². The molecule has 6 heteroatoms. The van der Waals surface area contributed by atoms with E-state index in [1.165, 1.54) is 31.4 Å². The Labute approximate surface area is 127 Å². The first kappa shape index (κ1) is 15.8. The van der Waals surface area contributed by atoms with Crippen LogP contribution in [0.15, 0.2) is 42.5 Å². The molecule has 0 fully saturated rings. The molecule has 0 aliphatic heterocycles. The fourth-order valence-corrected chi connectivity index (χ4v) is 1.89. The van der Waals surface area contributed by atoms with Crippen LogP contribution in [0.4, 0.5) is 0 Å². The van der Waals surface area contributed by atoms with Crippen LogP contribution >= 0.6 is 0 Å². The molecule has 0 radical (unpaired) electrons. The zero-order valence-electron chi connectivity index (χ0n) is 11.9. The minimum Gasteiger partial charge on any atom is -0.507 e. The molecule has 0 bridgehead atoms. The van der Waals surface area contributed by atoms with Gasteiger partial charge in [0, 0.05) is 12.7 Å². The molecule has 2 aromatic carbocycles. The van der Waals surface area contributed by atoms with E-state index in [1.807, 2.05) is 0 Å². The Kier molecular flexibility index (Phi) is 4.98. The molecule has 116 valence electrons. The van der Waals surface area contributed by atoms with E-state index in [0.29, 0.717) is 5.56 Å². The summed E-state index contributed by atoms with van der Waals surface area (Å²) in [5.74, 6) is -0.946. The predicted molar refractivity (Wildman–Crippen MR) is 77.3 cm³/mol. The van der Waals surface area contributed by atoms with Crippen LogP contribution in [-0.4, -0.2) is 28.4 Å². The van der Waals surface area contributed by atoms with Gasteiger partial charge in [0.1, 0.15) is 23.7 Å². The number of aliphatic hydroxyl groups excluding tert-OH is 1. The molecule has 1 unspecified atom stereocenters. The fraction of sp³-hybridized carbons (Fsp3) is 0.188. The quantitative estimate of drug-likeness (QED) is 0.578. The molecule has 6 nitrogen and oxygen atoms in total. The lowest BCUT2D eigenvalue weighted by Gasteiger charge is -2.12. The molecule has 0 heterocycles. The Morgan fingerprint density at radius 3 is 2.55 bits per heavy atom. The van der Waals surface area contributed by atoms with Crippen molar-refractivity contribution >= 4 is 5.97 Å². The highest BCUT2D eigenvalue weighted by Gasteiger charge is 2.14. The van der Waals surface area contributed by atoms with Gasteiger partial charge in [-0.05, 0) is 29.8 Å². The highest BCUT2D eigenvalue weighted by Crippen LogP contribution is 2.26. The normalized spacial score (nSPS) is 11.9. The van der Waals surface area contributed by atoms with E-state index in [0.717, 1.165) is 0 Å². The SMILES string of the molecule is COC(O)c1cc(COC(=O)c2ccccc2O)ccc1O. The smallest absolute Gasteiger partial charge is 0.342 e. The number of benzene rings is 2. The summed E-state index contributed by atoms with van der Waals surface area (Å²) in [6, 6.07) is 10.5. The number of phenols is 2. The molecular formula is C16H16O6. The Balaban J connectivity index is 2.09. The number of phenolic OH excluding ortho intramolecular Hbond substituents is 2. The molecule has 0 aliphatic carbocycles. The van der Waals surface area contributed by atoms with Crippen LogP contribution in [0.3, 0.4) is 0 Å². The number of carbonyl (C=O) groups excluding carboxylic acids is 1. The molecule has 3 N–H and O–H groups in total. The number of hydrogen-bond acceptors (Lipinski definition) is 6. The van der Waals surface area contributed by atoms with Crippen molar-refractivity contribution in [1.82, 2.24) is 0 Å². The van der Waals surface area contributed by atoms with Gasteiger partial charge in [-0.1, -0.05) is 18.2 Å². The third-order valence-electron chi connectivity index (χ3n) is 3.08. The second kappa shape index (κ2) is 6.93. The maximum absolute atomic E-state index is 11.9. The summed E-state index contributed by atoms with van der Waals surface area (Å²) in [6.45, 7) is -0.0725. The number of aliphatic hydroxyl groups is 1. The van der Waals surface area contributed by atoms with Crippen LogP contribution in [0.2, 0.25) is 0 Å². The van der Waals surface area contributed by atoms with Crippen molar-refractivity contribution in [3.05, 3.63) is 59.2 Å². The Morgan fingerprint density at radius 1 is 1.14 bits per heavy atom. The first-order valence-electron chi connectivity index (χ1n) is 6.50. The molecule has 0 aromatic heterocycles. The summed E-state index contributed by atoms with van der Waals surface area (Å²) in [5, 5.41) is 28.8. The topological polar surface area (TPSA) is 96.2 Å². The van der Waals surface area contributed by atoms with Crippen molar-refractivity contribution in [2.75, 3.05) is 7.11 Å². The maximum atomic E-state index is 11.9. The maximum Gasteiger partial charge on any atom is 0.342 e. The van der Waals surface area contributed by atoms with Crippen LogP contribution in [0.25, 0.3) is 0 Å². The van der Waals surface area contributed by atoms with E-state index in [1.54, 1.807) is 18.2 Å². The van der Waals surface area contributed by atoms with Crippen molar-refractivity contribution in [1.29, 1.82) is 0 Å². The van der Waals surface area contributed by atoms with Gasteiger partial charge in [0.15, 0.2) is 6.29 Å². The third kappa shape index (κ3) is 3.55. The molecular weight excluding hydrogens is 288 g/mol. The zero-order chi connectivity index (χ0) is 16.1. The summed E-state index contributed by atoms with van der Waals surface area (Å²) >= 11 is 0. The number of carbonyl (C=O) groups is 1. The zero-order valence-corrected chi connectivity index (χ0v) is 11.9. The van der Waals surface area contributed by atoms with Gasteiger partial charge < -0.3 is 24.8 Å². The van der Waals surface area contributed by atoms with Gasteiger partial charge in [-0.2, -0.15) is 0 Å². The van der Waals surface area contributed by atoms with E-state index in [9.17, 15) is 20.1 Å². The number of hydrogen-bond donors (Lipinski definition) is 3. The first-order valence-corrected chi connectivity index (χ1v) is 6.50. The molecule has 0 spiro atoms. The molecule has 2 rings (SSSR count). The van der Waals surface area contributed by atoms with Gasteiger partial charge in [0.05, 0.1) is 0 Å². The number of esters is 1. The van der Waals surface area contributed by atoms with Crippen molar-refractivity contribution in [3.8, 4) is 11.5 Å². The molecule has 0 saturated carbocycles. The second-order valence-electron chi connectivity index (χ2n) is 4.57. The molecule has 0 saturated heterocycles.